The van der Waals surface area contributed by atoms with Crippen molar-refractivity contribution < 1.29 is 9.90 Å². The first kappa shape index (κ1) is 15.4. The monoisotopic (exact) mass is 321 g/mol. The van der Waals surface area contributed by atoms with Crippen LogP contribution in [0.15, 0.2) is 35.4 Å². The van der Waals surface area contributed by atoms with Crippen LogP contribution in [0.3, 0.4) is 0 Å². The van der Waals surface area contributed by atoms with E-state index in [0.29, 0.717) is 15.4 Å². The molecule has 0 aliphatic rings. The lowest BCUT2D eigenvalue weighted by atomic mass is 10.1. The highest BCUT2D eigenvalue weighted by molar-refractivity contribution is 7.73. The summed E-state index contributed by atoms with van der Waals surface area (Å²) >= 11 is 6.51. The average Bonchev–Trinajstić information content (AvgIpc) is 2.72. The number of aryl methyl sites for hydroxylation is 1. The molecule has 2 N–H and O–H groups in total. The lowest BCUT2D eigenvalue weighted by molar-refractivity contribution is -0.118. The van der Waals surface area contributed by atoms with Gasteiger partial charge in [0.1, 0.15) is 4.88 Å². The van der Waals surface area contributed by atoms with Crippen LogP contribution < -0.4 is 5.43 Å². The first-order chi connectivity index (χ1) is 10.1. The molecular formula is C14H15N3O2S2. The standard InChI is InChI=1S/C14H15N3O2S2/c1-10(18)16-15-9-12-13(19)17(14(20)21-12)8-7-11-5-3-2-4-6-11/h2-6,9,19H,7-8H2,1H3,(H,16,18)/b15-9+. The Kier molecular flexibility index (Phi) is 5.24. The molecule has 0 unspecified atom stereocenters. The fourth-order valence-electron chi connectivity index (χ4n) is 1.76. The van der Waals surface area contributed by atoms with Gasteiger partial charge < -0.3 is 5.11 Å². The van der Waals surface area contributed by atoms with Crippen molar-refractivity contribution in [2.24, 2.45) is 5.10 Å². The maximum absolute atomic E-state index is 10.7. The highest BCUT2D eigenvalue weighted by Crippen LogP contribution is 2.24. The summed E-state index contributed by atoms with van der Waals surface area (Å²) in [4.78, 5) is 11.3. The predicted octanol–water partition coefficient (Wildman–Crippen LogP) is 2.70. The first-order valence-corrected chi connectivity index (χ1v) is 7.56. The number of rotatable bonds is 5. The van der Waals surface area contributed by atoms with Crippen LogP contribution in [0.25, 0.3) is 0 Å². The van der Waals surface area contributed by atoms with Gasteiger partial charge in [-0.1, -0.05) is 41.7 Å². The Balaban J connectivity index is 2.10. The van der Waals surface area contributed by atoms with Gasteiger partial charge in [-0.2, -0.15) is 5.10 Å². The van der Waals surface area contributed by atoms with E-state index in [1.54, 1.807) is 4.57 Å². The Morgan fingerprint density at radius 3 is 2.86 bits per heavy atom. The number of nitrogens with zero attached hydrogens (tertiary/aromatic N) is 2. The minimum absolute atomic E-state index is 0.0787. The second-order valence-corrected chi connectivity index (χ2v) is 6.05. The quantitative estimate of drug-likeness (QED) is 0.505. The van der Waals surface area contributed by atoms with E-state index in [-0.39, 0.29) is 11.8 Å². The van der Waals surface area contributed by atoms with Gasteiger partial charge in [-0.05, 0) is 24.2 Å². The fraction of sp³-hybridized carbons (Fsp3) is 0.214. The Bertz CT molecular complexity index is 705. The Labute approximate surface area is 131 Å². The van der Waals surface area contributed by atoms with Gasteiger partial charge in [0, 0.05) is 13.5 Å². The largest absolute Gasteiger partial charge is 0.493 e. The van der Waals surface area contributed by atoms with Crippen molar-refractivity contribution >= 4 is 35.7 Å². The topological polar surface area (TPSA) is 66.6 Å². The summed E-state index contributed by atoms with van der Waals surface area (Å²) < 4.78 is 2.25. The molecule has 0 fully saturated rings. The van der Waals surface area contributed by atoms with Gasteiger partial charge >= 0.3 is 0 Å². The molecule has 0 saturated heterocycles. The number of aromatic nitrogens is 1. The molecule has 1 aromatic heterocycles. The van der Waals surface area contributed by atoms with E-state index in [9.17, 15) is 9.90 Å². The lowest BCUT2D eigenvalue weighted by Gasteiger charge is -2.04. The summed E-state index contributed by atoms with van der Waals surface area (Å²) in [7, 11) is 0. The molecule has 21 heavy (non-hydrogen) atoms. The van der Waals surface area contributed by atoms with Crippen LogP contribution >= 0.6 is 23.6 Å². The summed E-state index contributed by atoms with van der Waals surface area (Å²) in [5, 5.41) is 13.9. The minimum Gasteiger partial charge on any atom is -0.493 e. The molecule has 0 bridgehead atoms. The number of carbonyl (C=O) groups is 1. The fourth-order valence-corrected chi connectivity index (χ4v) is 2.99. The molecule has 110 valence electrons. The van der Waals surface area contributed by atoms with E-state index in [4.69, 9.17) is 12.2 Å². The molecule has 1 heterocycles. The zero-order valence-corrected chi connectivity index (χ0v) is 13.1. The molecule has 7 heteroatoms. The van der Waals surface area contributed by atoms with E-state index in [1.165, 1.54) is 30.0 Å². The summed E-state index contributed by atoms with van der Waals surface area (Å²) in [6, 6.07) is 9.99. The summed E-state index contributed by atoms with van der Waals surface area (Å²) in [6.45, 7) is 1.96. The van der Waals surface area contributed by atoms with Crippen molar-refractivity contribution in [2.75, 3.05) is 0 Å². The second kappa shape index (κ2) is 7.14. The Hall–Kier alpha value is -1.99. The Morgan fingerprint density at radius 1 is 1.48 bits per heavy atom. The molecular weight excluding hydrogens is 306 g/mol. The smallest absolute Gasteiger partial charge is 0.236 e. The highest BCUT2D eigenvalue weighted by Gasteiger charge is 2.10. The summed E-state index contributed by atoms with van der Waals surface area (Å²) in [5.41, 5.74) is 3.47. The molecule has 0 aliphatic heterocycles. The first-order valence-electron chi connectivity index (χ1n) is 6.34. The summed E-state index contributed by atoms with van der Waals surface area (Å²) in [5.74, 6) is -0.187. The maximum Gasteiger partial charge on any atom is 0.236 e. The molecule has 2 rings (SSSR count). The number of hydrazone groups is 1. The van der Waals surface area contributed by atoms with Crippen molar-refractivity contribution in [2.45, 2.75) is 19.9 Å². The molecule has 0 radical (unpaired) electrons. The van der Waals surface area contributed by atoms with Crippen LogP contribution in [0, 0.1) is 3.95 Å². The predicted molar refractivity (Wildman–Crippen MR) is 86.4 cm³/mol. The van der Waals surface area contributed by atoms with E-state index in [2.05, 4.69) is 10.5 Å². The van der Waals surface area contributed by atoms with Gasteiger partial charge in [0.05, 0.1) is 6.21 Å². The molecule has 0 spiro atoms. The van der Waals surface area contributed by atoms with Gasteiger partial charge in [-0.3, -0.25) is 9.36 Å². The molecule has 1 amide bonds. The van der Waals surface area contributed by atoms with Crippen molar-refractivity contribution in [3.8, 4) is 5.88 Å². The SMILES string of the molecule is CC(=O)N/N=C/c1sc(=S)n(CCc2ccccc2)c1O. The zero-order chi connectivity index (χ0) is 15.2. The summed E-state index contributed by atoms with van der Waals surface area (Å²) in [6.07, 6.45) is 2.18. The number of benzene rings is 1. The van der Waals surface area contributed by atoms with Gasteiger partial charge in [0.2, 0.25) is 11.8 Å². The molecule has 0 aliphatic carbocycles. The number of nitrogens with one attached hydrogen (secondary N) is 1. The van der Waals surface area contributed by atoms with Crippen LogP contribution in [-0.4, -0.2) is 21.8 Å². The number of aromatic hydroxyl groups is 1. The van der Waals surface area contributed by atoms with Crippen LogP contribution in [-0.2, 0) is 17.8 Å². The Morgan fingerprint density at radius 2 is 2.19 bits per heavy atom. The molecule has 1 aromatic carbocycles. The van der Waals surface area contributed by atoms with Gasteiger partial charge in [0.15, 0.2) is 3.95 Å². The zero-order valence-electron chi connectivity index (χ0n) is 11.4. The van der Waals surface area contributed by atoms with Gasteiger partial charge in [-0.15, -0.1) is 0 Å². The third kappa shape index (κ3) is 4.24. The van der Waals surface area contributed by atoms with E-state index >= 15 is 0 Å². The maximum atomic E-state index is 10.7. The van der Waals surface area contributed by atoms with E-state index < -0.39 is 0 Å². The van der Waals surface area contributed by atoms with Gasteiger partial charge in [-0.25, -0.2) is 5.43 Å². The van der Waals surface area contributed by atoms with Crippen LogP contribution in [0.1, 0.15) is 17.4 Å². The minimum atomic E-state index is -0.266. The lowest BCUT2D eigenvalue weighted by Crippen LogP contribution is -2.12. The normalized spacial score (nSPS) is 10.9. The number of hydrogen-bond acceptors (Lipinski definition) is 5. The van der Waals surface area contributed by atoms with Gasteiger partial charge in [0.25, 0.3) is 0 Å². The molecule has 5 nitrogen and oxygen atoms in total. The molecule has 2 aromatic rings. The van der Waals surface area contributed by atoms with Crippen LogP contribution in [0.5, 0.6) is 5.88 Å². The number of hydrogen-bond donors (Lipinski definition) is 2. The van der Waals surface area contributed by atoms with Crippen molar-refractivity contribution in [3.63, 3.8) is 0 Å². The van der Waals surface area contributed by atoms with Crippen molar-refractivity contribution in [1.29, 1.82) is 0 Å². The van der Waals surface area contributed by atoms with E-state index in [1.807, 2.05) is 30.3 Å². The van der Waals surface area contributed by atoms with Crippen molar-refractivity contribution in [1.82, 2.24) is 9.99 Å². The van der Waals surface area contributed by atoms with Crippen molar-refractivity contribution in [3.05, 3.63) is 44.7 Å². The van der Waals surface area contributed by atoms with E-state index in [0.717, 1.165) is 6.42 Å². The number of carbonyl (C=O) groups excluding carboxylic acids is 1. The third-order valence-electron chi connectivity index (χ3n) is 2.76. The number of amides is 1. The number of thiazole rings is 1. The highest BCUT2D eigenvalue weighted by atomic mass is 32.1. The average molecular weight is 321 g/mol. The third-order valence-corrected chi connectivity index (χ3v) is 4.14. The molecule has 0 atom stereocenters. The second-order valence-electron chi connectivity index (χ2n) is 4.37. The molecule has 0 saturated carbocycles. The van der Waals surface area contributed by atoms with Crippen LogP contribution in [0.2, 0.25) is 0 Å². The van der Waals surface area contributed by atoms with Crippen LogP contribution in [0.4, 0.5) is 0 Å².